The van der Waals surface area contributed by atoms with Crippen LogP contribution in [0.25, 0.3) is 0 Å². The Balaban J connectivity index is 1.87. The van der Waals surface area contributed by atoms with Crippen LogP contribution in [0.1, 0.15) is 25.7 Å². The largest absolute Gasteiger partial charge is 0.380 e. The fraction of sp³-hybridized carbons (Fsp3) is 0.692. The first-order valence-corrected chi connectivity index (χ1v) is 6.23. The van der Waals surface area contributed by atoms with Crippen LogP contribution in [0.5, 0.6) is 0 Å². The lowest BCUT2D eigenvalue weighted by atomic mass is 9.93. The van der Waals surface area contributed by atoms with Crippen molar-refractivity contribution in [2.24, 2.45) is 11.8 Å². The second kappa shape index (κ2) is 5.45. The van der Waals surface area contributed by atoms with E-state index >= 15 is 0 Å². The lowest BCUT2D eigenvalue weighted by Gasteiger charge is -2.15. The van der Waals surface area contributed by atoms with Crippen LogP contribution in [0.4, 0.5) is 0 Å². The predicted molar refractivity (Wildman–Crippen MR) is 65.4 cm³/mol. The van der Waals surface area contributed by atoms with E-state index in [1.165, 1.54) is 17.6 Å². The Labute approximate surface area is 101 Å². The topological polar surface area (TPSA) is 52.4 Å². The van der Waals surface area contributed by atoms with Gasteiger partial charge in [-0.05, 0) is 30.8 Å². The molecule has 0 aromatic heterocycles. The van der Waals surface area contributed by atoms with Crippen molar-refractivity contribution in [3.05, 3.63) is 33.4 Å². The van der Waals surface area contributed by atoms with Crippen LogP contribution in [0.3, 0.4) is 0 Å². The third-order valence-corrected chi connectivity index (χ3v) is 3.73. The number of nitrogens with zero attached hydrogens (tertiary/aromatic N) is 1. The standard InChI is InChI=1S/C13H19NO3/c1-17-9-13-11-6-5-10(8-11)12(13)4-2-3-7-14(15)16/h5-6,10-11H,2-4,7-9H2,1H3/t10-,11+/m1/s1. The van der Waals surface area contributed by atoms with Gasteiger partial charge in [-0.2, -0.15) is 0 Å². The van der Waals surface area contributed by atoms with Crippen LogP contribution in [0, 0.1) is 22.0 Å². The van der Waals surface area contributed by atoms with E-state index in [2.05, 4.69) is 12.2 Å². The zero-order valence-electron chi connectivity index (χ0n) is 10.2. The highest BCUT2D eigenvalue weighted by Crippen LogP contribution is 2.45. The first-order chi connectivity index (χ1) is 8.22. The molecule has 2 rings (SSSR count). The molecule has 0 fully saturated rings. The minimum absolute atomic E-state index is 0.0941. The lowest BCUT2D eigenvalue weighted by molar-refractivity contribution is -0.480. The monoisotopic (exact) mass is 237 g/mol. The van der Waals surface area contributed by atoms with Crippen molar-refractivity contribution in [3.63, 3.8) is 0 Å². The highest BCUT2D eigenvalue weighted by Gasteiger charge is 2.34. The maximum absolute atomic E-state index is 10.3. The average molecular weight is 237 g/mol. The Morgan fingerprint density at radius 3 is 2.71 bits per heavy atom. The highest BCUT2D eigenvalue weighted by atomic mass is 16.6. The summed E-state index contributed by atoms with van der Waals surface area (Å²) in [5.41, 5.74) is 2.92. The van der Waals surface area contributed by atoms with Crippen molar-refractivity contribution in [3.8, 4) is 0 Å². The van der Waals surface area contributed by atoms with Crippen LogP contribution in [0.15, 0.2) is 23.3 Å². The van der Waals surface area contributed by atoms with Crippen molar-refractivity contribution in [2.45, 2.75) is 25.7 Å². The molecule has 0 spiro atoms. The van der Waals surface area contributed by atoms with Crippen molar-refractivity contribution in [1.82, 2.24) is 0 Å². The summed E-state index contributed by atoms with van der Waals surface area (Å²) in [6.07, 6.45) is 8.35. The second-order valence-corrected chi connectivity index (χ2v) is 4.83. The molecule has 0 radical (unpaired) electrons. The van der Waals surface area contributed by atoms with E-state index in [-0.39, 0.29) is 11.5 Å². The molecule has 2 aliphatic rings. The number of hydrogen-bond donors (Lipinski definition) is 0. The zero-order chi connectivity index (χ0) is 12.3. The molecule has 2 bridgehead atoms. The van der Waals surface area contributed by atoms with Crippen LogP contribution in [-0.2, 0) is 4.74 Å². The summed E-state index contributed by atoms with van der Waals surface area (Å²) in [7, 11) is 1.73. The van der Waals surface area contributed by atoms with Gasteiger partial charge in [-0.15, -0.1) is 0 Å². The predicted octanol–water partition coefficient (Wildman–Crippen LogP) is 2.58. The molecular formula is C13H19NO3. The summed E-state index contributed by atoms with van der Waals surface area (Å²) in [6.45, 7) is 0.812. The van der Waals surface area contributed by atoms with Crippen LogP contribution in [-0.4, -0.2) is 25.2 Å². The van der Waals surface area contributed by atoms with Crippen LogP contribution >= 0.6 is 0 Å². The second-order valence-electron chi connectivity index (χ2n) is 4.83. The first-order valence-electron chi connectivity index (χ1n) is 6.23. The highest BCUT2D eigenvalue weighted by molar-refractivity contribution is 5.37. The number of ether oxygens (including phenoxy) is 1. The van der Waals surface area contributed by atoms with Gasteiger partial charge in [0, 0.05) is 24.4 Å². The molecule has 0 aliphatic heterocycles. The number of rotatable bonds is 7. The molecule has 0 unspecified atom stereocenters. The van der Waals surface area contributed by atoms with Gasteiger partial charge in [-0.25, -0.2) is 0 Å². The van der Waals surface area contributed by atoms with Crippen molar-refractivity contribution in [2.75, 3.05) is 20.3 Å². The van der Waals surface area contributed by atoms with Gasteiger partial charge in [0.1, 0.15) is 0 Å². The van der Waals surface area contributed by atoms with Gasteiger partial charge in [0.25, 0.3) is 0 Å². The average Bonchev–Trinajstić information content (AvgIpc) is 2.86. The molecule has 94 valence electrons. The molecule has 0 saturated heterocycles. The van der Waals surface area contributed by atoms with Crippen molar-refractivity contribution < 1.29 is 9.66 Å². The Kier molecular flexibility index (Phi) is 3.94. The molecule has 2 atom stereocenters. The van der Waals surface area contributed by atoms with Gasteiger partial charge in [0.05, 0.1) is 6.61 Å². The maximum atomic E-state index is 10.3. The van der Waals surface area contributed by atoms with E-state index < -0.39 is 0 Å². The molecule has 0 heterocycles. The lowest BCUT2D eigenvalue weighted by Crippen LogP contribution is -2.06. The fourth-order valence-corrected chi connectivity index (χ4v) is 2.95. The summed E-state index contributed by atoms with van der Waals surface area (Å²) in [5, 5.41) is 10.3. The van der Waals surface area contributed by atoms with Gasteiger partial charge in [-0.3, -0.25) is 10.1 Å². The molecule has 4 heteroatoms. The van der Waals surface area contributed by atoms with Gasteiger partial charge < -0.3 is 4.74 Å². The molecule has 0 aromatic carbocycles. The minimum atomic E-state index is -0.231. The van der Waals surface area contributed by atoms with Gasteiger partial charge in [0.15, 0.2) is 0 Å². The van der Waals surface area contributed by atoms with Crippen molar-refractivity contribution in [1.29, 1.82) is 0 Å². The van der Waals surface area contributed by atoms with Gasteiger partial charge in [-0.1, -0.05) is 17.7 Å². The molecule has 0 aromatic rings. The summed E-state index contributed by atoms with van der Waals surface area (Å²) >= 11 is 0. The Bertz CT molecular complexity index is 360. The van der Waals surface area contributed by atoms with E-state index in [0.717, 1.165) is 19.4 Å². The number of unbranched alkanes of at least 4 members (excludes halogenated alkanes) is 1. The van der Waals surface area contributed by atoms with E-state index in [9.17, 15) is 10.1 Å². The number of fused-ring (bicyclic) bond motifs is 2. The quantitative estimate of drug-likeness (QED) is 0.296. The number of nitro groups is 1. The fourth-order valence-electron chi connectivity index (χ4n) is 2.95. The van der Waals surface area contributed by atoms with Crippen LogP contribution in [0.2, 0.25) is 0 Å². The van der Waals surface area contributed by atoms with Crippen LogP contribution < -0.4 is 0 Å². The first kappa shape index (κ1) is 12.3. The normalized spacial score (nSPS) is 25.9. The Morgan fingerprint density at radius 2 is 2.06 bits per heavy atom. The number of hydrogen-bond acceptors (Lipinski definition) is 3. The molecule has 4 nitrogen and oxygen atoms in total. The zero-order valence-corrected chi connectivity index (χ0v) is 10.2. The Hall–Kier alpha value is -1.16. The Morgan fingerprint density at radius 1 is 1.35 bits per heavy atom. The van der Waals surface area contributed by atoms with E-state index in [4.69, 9.17) is 4.74 Å². The smallest absolute Gasteiger partial charge is 0.203 e. The summed E-state index contributed by atoms with van der Waals surface area (Å²) < 4.78 is 5.25. The number of allylic oxidation sites excluding steroid dienone is 3. The summed E-state index contributed by atoms with van der Waals surface area (Å²) in [4.78, 5) is 10.0. The minimum Gasteiger partial charge on any atom is -0.380 e. The van der Waals surface area contributed by atoms with Crippen molar-refractivity contribution >= 4 is 0 Å². The molecule has 0 N–H and O–H groups in total. The SMILES string of the molecule is COCC1=C(CCCC[N+](=O)[O-])[C@@H]2C=C[C@H]1C2. The van der Waals surface area contributed by atoms with Gasteiger partial charge in [0.2, 0.25) is 6.54 Å². The molecule has 0 saturated carbocycles. The van der Waals surface area contributed by atoms with E-state index in [1.54, 1.807) is 7.11 Å². The third kappa shape index (κ3) is 2.75. The molecule has 0 amide bonds. The summed E-state index contributed by atoms with van der Waals surface area (Å²) in [6, 6.07) is 0. The van der Waals surface area contributed by atoms with E-state index in [1.807, 2.05) is 0 Å². The third-order valence-electron chi connectivity index (χ3n) is 3.73. The molecule has 2 aliphatic carbocycles. The molecular weight excluding hydrogens is 218 g/mol. The molecule has 17 heavy (non-hydrogen) atoms. The summed E-state index contributed by atoms with van der Waals surface area (Å²) in [5.74, 6) is 1.16. The van der Waals surface area contributed by atoms with E-state index in [0.29, 0.717) is 18.3 Å². The maximum Gasteiger partial charge on any atom is 0.203 e. The van der Waals surface area contributed by atoms with Gasteiger partial charge >= 0.3 is 0 Å². The number of methoxy groups -OCH3 is 1.